The Labute approximate surface area is 141 Å². The molecule has 0 aromatic heterocycles. The minimum Gasteiger partial charge on any atom is -0.444 e. The summed E-state index contributed by atoms with van der Waals surface area (Å²) in [6, 6.07) is 0.658. The lowest BCUT2D eigenvalue weighted by Crippen LogP contribution is -2.41. The van der Waals surface area contributed by atoms with Gasteiger partial charge >= 0.3 is 6.09 Å². The van der Waals surface area contributed by atoms with Gasteiger partial charge in [0.1, 0.15) is 5.60 Å². The molecule has 1 fully saturated rings. The van der Waals surface area contributed by atoms with Gasteiger partial charge in [0.15, 0.2) is 0 Å². The molecule has 0 bridgehead atoms. The average molecular weight is 322 g/mol. The fraction of sp³-hybridized carbons (Fsp3) is 0.842. The van der Waals surface area contributed by atoms with Crippen LogP contribution in [0.2, 0.25) is 0 Å². The minimum absolute atomic E-state index is 0.198. The monoisotopic (exact) mass is 322 g/mol. The predicted molar refractivity (Wildman–Crippen MR) is 94.5 cm³/mol. The summed E-state index contributed by atoms with van der Waals surface area (Å²) in [7, 11) is 0. The molecule has 1 aliphatic heterocycles. The van der Waals surface area contributed by atoms with E-state index in [4.69, 9.17) is 4.74 Å². The van der Waals surface area contributed by atoms with Crippen LogP contribution in [0, 0.1) is 11.8 Å². The molecule has 2 aliphatic rings. The van der Waals surface area contributed by atoms with Gasteiger partial charge in [-0.3, -0.25) is 0 Å². The van der Waals surface area contributed by atoms with Gasteiger partial charge in [0.2, 0.25) is 0 Å². The molecule has 0 spiro atoms. The van der Waals surface area contributed by atoms with Crippen LogP contribution >= 0.6 is 0 Å². The second-order valence-corrected chi connectivity index (χ2v) is 8.38. The molecule has 0 aromatic rings. The van der Waals surface area contributed by atoms with E-state index in [1.165, 1.54) is 24.8 Å². The lowest BCUT2D eigenvalue weighted by Gasteiger charge is -2.33. The molecule has 3 atom stereocenters. The third-order valence-electron chi connectivity index (χ3n) is 5.17. The summed E-state index contributed by atoms with van der Waals surface area (Å²) < 4.78 is 5.43. The number of carbonyl (C=O) groups is 1. The van der Waals surface area contributed by atoms with Gasteiger partial charge in [-0.1, -0.05) is 25.5 Å². The van der Waals surface area contributed by atoms with Crippen molar-refractivity contribution in [2.24, 2.45) is 11.8 Å². The van der Waals surface area contributed by atoms with Gasteiger partial charge in [0, 0.05) is 25.7 Å². The first-order chi connectivity index (χ1) is 10.7. The second kappa shape index (κ2) is 7.69. The molecule has 1 aliphatic carbocycles. The Hall–Kier alpha value is -1.03. The van der Waals surface area contributed by atoms with Crippen LogP contribution in [0.3, 0.4) is 0 Å². The van der Waals surface area contributed by atoms with Crippen molar-refractivity contribution in [1.29, 1.82) is 0 Å². The quantitative estimate of drug-likeness (QED) is 0.799. The summed E-state index contributed by atoms with van der Waals surface area (Å²) in [5, 5.41) is 3.72. The van der Waals surface area contributed by atoms with Crippen LogP contribution in [0.4, 0.5) is 4.79 Å². The zero-order chi connectivity index (χ0) is 17.0. The van der Waals surface area contributed by atoms with E-state index in [0.29, 0.717) is 12.6 Å². The topological polar surface area (TPSA) is 41.6 Å². The number of ether oxygens (including phenoxy) is 1. The maximum Gasteiger partial charge on any atom is 0.410 e. The minimum atomic E-state index is -0.419. The molecule has 3 unspecified atom stereocenters. The van der Waals surface area contributed by atoms with Crippen molar-refractivity contribution >= 4 is 6.09 Å². The van der Waals surface area contributed by atoms with Crippen LogP contribution < -0.4 is 5.32 Å². The molecule has 0 aromatic carbocycles. The van der Waals surface area contributed by atoms with Gasteiger partial charge in [-0.05, 0) is 58.3 Å². The zero-order valence-electron chi connectivity index (χ0n) is 15.5. The van der Waals surface area contributed by atoms with E-state index in [-0.39, 0.29) is 6.09 Å². The molecule has 23 heavy (non-hydrogen) atoms. The number of nitrogens with one attached hydrogen (secondary N) is 1. The predicted octanol–water partition coefficient (Wildman–Crippen LogP) is 3.97. The summed E-state index contributed by atoms with van der Waals surface area (Å²) in [5.74, 6) is 1.69. The Balaban J connectivity index is 1.73. The molecular weight excluding hydrogens is 288 g/mol. The second-order valence-electron chi connectivity index (χ2n) is 8.38. The highest BCUT2D eigenvalue weighted by Gasteiger charge is 2.26. The summed E-state index contributed by atoms with van der Waals surface area (Å²) in [5.41, 5.74) is 1.01. The van der Waals surface area contributed by atoms with Gasteiger partial charge in [0.25, 0.3) is 0 Å². The highest BCUT2D eigenvalue weighted by molar-refractivity contribution is 5.68. The third-order valence-corrected chi connectivity index (χ3v) is 5.17. The molecule has 1 amide bonds. The average Bonchev–Trinajstić information content (AvgIpc) is 2.47. The normalized spacial score (nSPS) is 29.2. The summed E-state index contributed by atoms with van der Waals surface area (Å²) in [4.78, 5) is 13.8. The maximum absolute atomic E-state index is 12.1. The molecule has 0 saturated heterocycles. The van der Waals surface area contributed by atoms with Crippen molar-refractivity contribution < 1.29 is 9.53 Å². The van der Waals surface area contributed by atoms with Crippen LogP contribution in [-0.4, -0.2) is 42.3 Å². The van der Waals surface area contributed by atoms with Gasteiger partial charge in [-0.25, -0.2) is 4.79 Å². The van der Waals surface area contributed by atoms with E-state index in [1.54, 1.807) is 4.90 Å². The van der Waals surface area contributed by atoms with E-state index in [0.717, 1.165) is 31.3 Å². The number of amides is 1. The van der Waals surface area contributed by atoms with E-state index in [2.05, 4.69) is 25.2 Å². The molecule has 2 rings (SSSR count). The summed E-state index contributed by atoms with van der Waals surface area (Å²) in [6.07, 6.45) is 6.86. The number of hydrogen-bond acceptors (Lipinski definition) is 3. The highest BCUT2D eigenvalue weighted by atomic mass is 16.6. The number of hydrogen-bond donors (Lipinski definition) is 1. The molecular formula is C19H34N2O2. The Morgan fingerprint density at radius 2 is 2.04 bits per heavy atom. The van der Waals surface area contributed by atoms with E-state index in [1.807, 2.05) is 20.8 Å². The maximum atomic E-state index is 12.1. The van der Waals surface area contributed by atoms with Crippen LogP contribution in [-0.2, 0) is 4.74 Å². The zero-order valence-corrected chi connectivity index (χ0v) is 15.5. The molecule has 1 N–H and O–H groups in total. The fourth-order valence-corrected chi connectivity index (χ4v) is 3.37. The summed E-state index contributed by atoms with van der Waals surface area (Å²) in [6.45, 7) is 12.9. The molecule has 4 heteroatoms. The largest absolute Gasteiger partial charge is 0.444 e. The molecule has 4 nitrogen and oxygen atoms in total. The molecule has 132 valence electrons. The standard InChI is InChI=1S/C19H34N2O2/c1-14-6-7-17(12-15(14)2)20-13-16-8-10-21(11-9-16)18(22)23-19(3,4)5/h8,14-15,17,20H,6-7,9-13H2,1-5H3. The smallest absolute Gasteiger partial charge is 0.410 e. The van der Waals surface area contributed by atoms with E-state index < -0.39 is 5.60 Å². The fourth-order valence-electron chi connectivity index (χ4n) is 3.37. The first kappa shape index (κ1) is 18.3. The van der Waals surface area contributed by atoms with Crippen molar-refractivity contribution in [2.75, 3.05) is 19.6 Å². The number of rotatable bonds is 3. The summed E-state index contributed by atoms with van der Waals surface area (Å²) >= 11 is 0. The van der Waals surface area contributed by atoms with Gasteiger partial charge in [-0.2, -0.15) is 0 Å². The van der Waals surface area contributed by atoms with Crippen molar-refractivity contribution in [3.8, 4) is 0 Å². The van der Waals surface area contributed by atoms with E-state index >= 15 is 0 Å². The van der Waals surface area contributed by atoms with Crippen molar-refractivity contribution in [3.05, 3.63) is 11.6 Å². The molecule has 0 radical (unpaired) electrons. The van der Waals surface area contributed by atoms with Crippen molar-refractivity contribution in [3.63, 3.8) is 0 Å². The Kier molecular flexibility index (Phi) is 6.12. The number of nitrogens with zero attached hydrogens (tertiary/aromatic N) is 1. The SMILES string of the molecule is CC1CCC(NCC2=CCN(C(=O)OC(C)(C)C)CC2)CC1C. The van der Waals surface area contributed by atoms with Gasteiger partial charge in [-0.15, -0.1) is 0 Å². The molecule has 1 saturated carbocycles. The van der Waals surface area contributed by atoms with Crippen molar-refractivity contribution in [2.45, 2.75) is 71.9 Å². The number of carbonyl (C=O) groups excluding carboxylic acids is 1. The van der Waals surface area contributed by atoms with Gasteiger partial charge in [0.05, 0.1) is 0 Å². The Morgan fingerprint density at radius 3 is 2.61 bits per heavy atom. The lowest BCUT2D eigenvalue weighted by molar-refractivity contribution is 0.0265. The first-order valence-corrected chi connectivity index (χ1v) is 9.14. The van der Waals surface area contributed by atoms with Crippen LogP contribution in [0.25, 0.3) is 0 Å². The van der Waals surface area contributed by atoms with E-state index in [9.17, 15) is 4.79 Å². The Morgan fingerprint density at radius 1 is 1.30 bits per heavy atom. The highest BCUT2D eigenvalue weighted by Crippen LogP contribution is 2.29. The lowest BCUT2D eigenvalue weighted by atomic mass is 9.79. The first-order valence-electron chi connectivity index (χ1n) is 9.14. The van der Waals surface area contributed by atoms with Crippen LogP contribution in [0.5, 0.6) is 0 Å². The third kappa shape index (κ3) is 5.83. The van der Waals surface area contributed by atoms with Crippen molar-refractivity contribution in [1.82, 2.24) is 10.2 Å². The molecule has 1 heterocycles. The van der Waals surface area contributed by atoms with Gasteiger partial charge < -0.3 is 15.0 Å². The Bertz CT molecular complexity index is 439. The van der Waals surface area contributed by atoms with Crippen LogP contribution in [0.1, 0.15) is 60.3 Å². The van der Waals surface area contributed by atoms with Crippen LogP contribution in [0.15, 0.2) is 11.6 Å².